The van der Waals surface area contributed by atoms with Crippen LogP contribution in [0.25, 0.3) is 79.6 Å². The second-order valence-corrected chi connectivity index (χ2v) is 23.2. The van der Waals surface area contributed by atoms with Gasteiger partial charge in [-0.2, -0.15) is 0 Å². The zero-order chi connectivity index (χ0) is 49.8. The van der Waals surface area contributed by atoms with Crippen molar-refractivity contribution in [1.82, 2.24) is 0 Å². The van der Waals surface area contributed by atoms with Crippen LogP contribution >= 0.6 is 22.6 Å². The first-order valence-corrected chi connectivity index (χ1v) is 26.7. The molecule has 1 nitrogen and oxygen atoms in total. The van der Waals surface area contributed by atoms with E-state index < -0.39 is 0 Å². The lowest BCUT2D eigenvalue weighted by atomic mass is 9.81. The van der Waals surface area contributed by atoms with Gasteiger partial charge in [-0.15, -0.1) is 0 Å². The van der Waals surface area contributed by atoms with Gasteiger partial charge in [0.1, 0.15) is 0 Å². The van der Waals surface area contributed by atoms with E-state index in [0.29, 0.717) is 0 Å². The number of hydrogen-bond acceptors (Lipinski definition) is 1. The number of fused-ring (bicyclic) bond motifs is 10. The van der Waals surface area contributed by atoms with Gasteiger partial charge >= 0.3 is 0 Å². The van der Waals surface area contributed by atoms with E-state index in [1.807, 2.05) is 0 Å². The van der Waals surface area contributed by atoms with Crippen molar-refractivity contribution in [3.63, 3.8) is 0 Å². The molecule has 0 spiro atoms. The minimum atomic E-state index is -0.209. The first kappa shape index (κ1) is 45.3. The molecule has 352 valence electrons. The molecule has 0 N–H and O–H groups in total. The topological polar surface area (TPSA) is 3.24 Å². The summed E-state index contributed by atoms with van der Waals surface area (Å²) in [5.74, 6) is 0. The zero-order valence-electron chi connectivity index (χ0n) is 42.3. The molecule has 2 heteroatoms. The molecule has 0 bridgehead atoms. The molecule has 0 aliphatic heterocycles. The third kappa shape index (κ3) is 7.47. The molecule has 73 heavy (non-hydrogen) atoms. The quantitative estimate of drug-likeness (QED) is 0.108. The van der Waals surface area contributed by atoms with E-state index in [2.05, 4.69) is 300 Å². The van der Waals surface area contributed by atoms with Crippen LogP contribution in [0.4, 0.5) is 17.1 Å². The molecule has 0 amide bonds. The summed E-state index contributed by atoms with van der Waals surface area (Å²) in [7, 11) is 0. The number of halogens is 1. The molecule has 0 heterocycles. The molecular formula is C71H56IN. The molecule has 3 aliphatic carbocycles. The Balaban J connectivity index is 0.774. The lowest BCUT2D eigenvalue weighted by molar-refractivity contribution is 0.659. The van der Waals surface area contributed by atoms with Crippen LogP contribution in [0.2, 0.25) is 0 Å². The molecular weight excluding hydrogens is 994 g/mol. The lowest BCUT2D eigenvalue weighted by Gasteiger charge is -2.30. The normalized spacial score (nSPS) is 15.0. The van der Waals surface area contributed by atoms with Crippen LogP contribution in [0, 0.1) is 3.57 Å². The molecule has 0 atom stereocenters. The number of rotatable bonds is 8. The highest BCUT2D eigenvalue weighted by atomic mass is 127. The van der Waals surface area contributed by atoms with Crippen LogP contribution in [-0.2, 0) is 16.2 Å². The monoisotopic (exact) mass is 1050 g/mol. The van der Waals surface area contributed by atoms with Crippen molar-refractivity contribution in [1.29, 1.82) is 0 Å². The zero-order valence-corrected chi connectivity index (χ0v) is 44.4. The fraction of sp³-hybridized carbons (Fsp3) is 0.127. The number of hydrogen-bond donors (Lipinski definition) is 0. The fourth-order valence-electron chi connectivity index (χ4n) is 12.5. The van der Waals surface area contributed by atoms with Crippen LogP contribution in [-0.4, -0.2) is 0 Å². The van der Waals surface area contributed by atoms with Crippen LogP contribution in [0.1, 0.15) is 97.2 Å². The Morgan fingerprint density at radius 1 is 0.315 bits per heavy atom. The van der Waals surface area contributed by atoms with Gasteiger partial charge in [-0.3, -0.25) is 0 Å². The Kier molecular flexibility index (Phi) is 10.6. The molecule has 0 radical (unpaired) electrons. The van der Waals surface area contributed by atoms with Gasteiger partial charge in [0.15, 0.2) is 0 Å². The van der Waals surface area contributed by atoms with E-state index in [0.717, 1.165) is 17.1 Å². The predicted molar refractivity (Wildman–Crippen MR) is 320 cm³/mol. The van der Waals surface area contributed by atoms with Crippen molar-refractivity contribution in [3.8, 4) is 44.5 Å². The second-order valence-electron chi connectivity index (χ2n) is 21.9. The van der Waals surface area contributed by atoms with Crippen LogP contribution < -0.4 is 4.90 Å². The summed E-state index contributed by atoms with van der Waals surface area (Å²) in [5.41, 5.74) is 26.7. The number of benzene rings is 10. The van der Waals surface area contributed by atoms with Crippen molar-refractivity contribution in [2.24, 2.45) is 0 Å². The Labute approximate surface area is 444 Å². The van der Waals surface area contributed by atoms with Gasteiger partial charge in [0, 0.05) is 36.8 Å². The van der Waals surface area contributed by atoms with Crippen molar-refractivity contribution in [2.75, 3.05) is 4.90 Å². The summed E-state index contributed by atoms with van der Waals surface area (Å²) in [5, 5.41) is 2.46. The van der Waals surface area contributed by atoms with Crippen molar-refractivity contribution in [3.05, 3.63) is 265 Å². The molecule has 0 saturated carbocycles. The van der Waals surface area contributed by atoms with Gasteiger partial charge in [0.05, 0.1) is 5.69 Å². The molecule has 0 aromatic heterocycles. The Hall–Kier alpha value is -7.53. The van der Waals surface area contributed by atoms with Gasteiger partial charge < -0.3 is 4.90 Å². The maximum absolute atomic E-state index is 2.45. The highest BCUT2D eigenvalue weighted by Gasteiger charge is 2.38. The summed E-state index contributed by atoms with van der Waals surface area (Å²) in [6.07, 6.45) is 9.17. The minimum Gasteiger partial charge on any atom is -0.310 e. The largest absolute Gasteiger partial charge is 0.310 e. The highest BCUT2D eigenvalue weighted by Crippen LogP contribution is 2.54. The fourth-order valence-corrected chi connectivity index (χ4v) is 12.9. The third-order valence-corrected chi connectivity index (χ3v) is 17.2. The smallest absolute Gasteiger partial charge is 0.0540 e. The molecule has 3 aliphatic rings. The molecule has 0 unspecified atom stereocenters. The Bertz CT molecular complexity index is 3960. The number of para-hydroxylation sites is 1. The van der Waals surface area contributed by atoms with E-state index in [4.69, 9.17) is 0 Å². The third-order valence-electron chi connectivity index (χ3n) is 16.5. The van der Waals surface area contributed by atoms with Crippen LogP contribution in [0.5, 0.6) is 0 Å². The second kappa shape index (κ2) is 17.0. The standard InChI is InChI=1S/C71H56IN/c1-69(2)62-38-45(20-22-47-26-34-58-60-36-29-52(72)43-66(60)70(3,4)64(58)40-47)24-32-56(62)57-33-25-46(39-63(57)69)21-23-48-27-35-59-61-37-31-54(44-67(61)71(5,6)65(59)41-48)73(53-30-28-49-14-10-11-17-51(49)42-53)68-19-13-12-18-55(68)50-15-8-7-9-16-50/h7-44H,1-6H3/b22-20+,23-21+. The van der Waals surface area contributed by atoms with Crippen molar-refractivity contribution >= 4 is 74.7 Å². The van der Waals surface area contributed by atoms with E-state index in [1.165, 1.54) is 114 Å². The van der Waals surface area contributed by atoms with Gasteiger partial charge in [-0.25, -0.2) is 0 Å². The van der Waals surface area contributed by atoms with Crippen molar-refractivity contribution < 1.29 is 0 Å². The maximum atomic E-state index is 2.45. The summed E-state index contributed by atoms with van der Waals surface area (Å²) >= 11 is 2.44. The first-order chi connectivity index (χ1) is 35.3. The summed E-state index contributed by atoms with van der Waals surface area (Å²) in [6, 6.07) is 77.1. The minimum absolute atomic E-state index is 0.0235. The van der Waals surface area contributed by atoms with E-state index in [9.17, 15) is 0 Å². The predicted octanol–water partition coefficient (Wildman–Crippen LogP) is 19.8. The number of anilines is 3. The molecule has 0 fully saturated rings. The van der Waals surface area contributed by atoms with Crippen LogP contribution in [0.15, 0.2) is 206 Å². The Morgan fingerprint density at radius 2 is 0.699 bits per heavy atom. The average Bonchev–Trinajstić information content (AvgIpc) is 3.88. The maximum Gasteiger partial charge on any atom is 0.0540 e. The number of nitrogens with zero attached hydrogens (tertiary/aromatic N) is 1. The molecule has 13 rings (SSSR count). The summed E-state index contributed by atoms with van der Waals surface area (Å²) in [4.78, 5) is 2.45. The molecule has 10 aromatic rings. The summed E-state index contributed by atoms with van der Waals surface area (Å²) in [6.45, 7) is 14.3. The van der Waals surface area contributed by atoms with Gasteiger partial charge in [0.25, 0.3) is 0 Å². The van der Waals surface area contributed by atoms with Gasteiger partial charge in [0.2, 0.25) is 0 Å². The average molecular weight is 1050 g/mol. The van der Waals surface area contributed by atoms with Gasteiger partial charge in [-0.1, -0.05) is 230 Å². The Morgan fingerprint density at radius 3 is 1.22 bits per heavy atom. The van der Waals surface area contributed by atoms with Crippen molar-refractivity contribution in [2.45, 2.75) is 57.8 Å². The van der Waals surface area contributed by atoms with Crippen LogP contribution in [0.3, 0.4) is 0 Å². The molecule has 10 aromatic carbocycles. The van der Waals surface area contributed by atoms with E-state index in [-0.39, 0.29) is 16.2 Å². The van der Waals surface area contributed by atoms with E-state index in [1.54, 1.807) is 0 Å². The lowest BCUT2D eigenvalue weighted by Crippen LogP contribution is -2.17. The van der Waals surface area contributed by atoms with Gasteiger partial charge in [-0.05, 0) is 170 Å². The summed E-state index contributed by atoms with van der Waals surface area (Å²) < 4.78 is 1.29. The highest BCUT2D eigenvalue weighted by molar-refractivity contribution is 14.1. The van der Waals surface area contributed by atoms with E-state index >= 15 is 0 Å². The SMILES string of the molecule is CC1(C)c2cc(I)ccc2-c2ccc(/C=C/c3ccc4c(c3)C(C)(C)c3cc(/C=C/c5ccc6c(c5)C(C)(C)c5cc(N(c7ccc8ccccc8c7)c7ccccc7-c7ccccc7)ccc5-6)ccc3-4)cc21. The molecule has 0 saturated heterocycles. The first-order valence-electron chi connectivity index (χ1n) is 25.7.